The van der Waals surface area contributed by atoms with Gasteiger partial charge in [-0.1, -0.05) is 23.7 Å². The highest BCUT2D eigenvalue weighted by Crippen LogP contribution is 2.22. The monoisotopic (exact) mass is 348 g/mol. The number of likely N-dealkylation sites (tertiary alicyclic amines) is 2. The van der Waals surface area contributed by atoms with Gasteiger partial charge in [-0.3, -0.25) is 9.59 Å². The van der Waals surface area contributed by atoms with Crippen LogP contribution in [0.2, 0.25) is 5.02 Å². The number of aryl methyl sites for hydroxylation is 1. The van der Waals surface area contributed by atoms with Crippen LogP contribution in [0.1, 0.15) is 44.1 Å². The normalized spacial score (nSPS) is 19.1. The third-order valence-corrected chi connectivity index (χ3v) is 5.39. The van der Waals surface area contributed by atoms with Crippen molar-refractivity contribution in [3.63, 3.8) is 0 Å². The van der Waals surface area contributed by atoms with Gasteiger partial charge in [0.05, 0.1) is 0 Å². The van der Waals surface area contributed by atoms with E-state index in [2.05, 4.69) is 0 Å². The topological polar surface area (TPSA) is 40.6 Å². The van der Waals surface area contributed by atoms with E-state index >= 15 is 0 Å². The summed E-state index contributed by atoms with van der Waals surface area (Å²) in [5.41, 5.74) is 1.22. The van der Waals surface area contributed by atoms with E-state index < -0.39 is 0 Å². The molecule has 5 heteroatoms. The molecular formula is C19H25ClN2O2. The molecule has 1 aromatic carbocycles. The number of amides is 2. The van der Waals surface area contributed by atoms with Crippen molar-refractivity contribution in [2.45, 2.75) is 51.0 Å². The third kappa shape index (κ3) is 4.29. The Morgan fingerprint density at radius 2 is 1.83 bits per heavy atom. The summed E-state index contributed by atoms with van der Waals surface area (Å²) in [5, 5.41) is 0.745. The van der Waals surface area contributed by atoms with E-state index in [9.17, 15) is 9.59 Å². The molecule has 3 rings (SSSR count). The molecule has 0 spiro atoms. The molecule has 2 aliphatic rings. The first-order valence-corrected chi connectivity index (χ1v) is 9.33. The second-order valence-electron chi connectivity index (χ2n) is 6.78. The minimum atomic E-state index is 0.246. The fourth-order valence-electron chi connectivity index (χ4n) is 3.74. The van der Waals surface area contributed by atoms with Crippen molar-refractivity contribution in [2.24, 2.45) is 0 Å². The number of nitrogens with zero attached hydrogens (tertiary/aromatic N) is 2. The van der Waals surface area contributed by atoms with E-state index in [-0.39, 0.29) is 5.91 Å². The van der Waals surface area contributed by atoms with Crippen LogP contribution >= 0.6 is 11.6 Å². The Morgan fingerprint density at radius 1 is 1.12 bits per heavy atom. The van der Waals surface area contributed by atoms with Gasteiger partial charge in [-0.2, -0.15) is 0 Å². The molecule has 130 valence electrons. The highest BCUT2D eigenvalue weighted by molar-refractivity contribution is 6.30. The number of piperidine rings is 1. The number of rotatable bonds is 5. The van der Waals surface area contributed by atoms with Gasteiger partial charge in [0.25, 0.3) is 0 Å². The van der Waals surface area contributed by atoms with Crippen molar-refractivity contribution in [1.82, 2.24) is 9.80 Å². The summed E-state index contributed by atoms with van der Waals surface area (Å²) in [7, 11) is 0. The summed E-state index contributed by atoms with van der Waals surface area (Å²) < 4.78 is 0. The average Bonchev–Trinajstić information content (AvgIpc) is 3.03. The fraction of sp³-hybridized carbons (Fsp3) is 0.579. The molecule has 4 nitrogen and oxygen atoms in total. The van der Waals surface area contributed by atoms with Crippen molar-refractivity contribution in [3.05, 3.63) is 34.9 Å². The molecule has 24 heavy (non-hydrogen) atoms. The Morgan fingerprint density at radius 3 is 2.46 bits per heavy atom. The minimum Gasteiger partial charge on any atom is -0.343 e. The maximum atomic E-state index is 12.4. The molecule has 0 N–H and O–H groups in total. The number of hydrogen-bond donors (Lipinski definition) is 0. The molecule has 0 saturated carbocycles. The van der Waals surface area contributed by atoms with Crippen LogP contribution < -0.4 is 0 Å². The van der Waals surface area contributed by atoms with Crippen LogP contribution in [-0.4, -0.2) is 47.3 Å². The zero-order valence-electron chi connectivity index (χ0n) is 14.0. The molecule has 0 bridgehead atoms. The maximum absolute atomic E-state index is 12.4. The Kier molecular flexibility index (Phi) is 5.77. The standard InChI is InChI=1S/C19H25ClN2O2/c20-16-8-6-15(7-9-16)3-1-4-18(23)21-13-10-17(11-14-21)22-12-2-5-19(22)24/h6-9,17H,1-5,10-14H2. The summed E-state index contributed by atoms with van der Waals surface area (Å²) in [6, 6.07) is 8.17. The number of carbonyl (C=O) groups is 2. The van der Waals surface area contributed by atoms with Crippen LogP contribution in [-0.2, 0) is 16.0 Å². The Labute approximate surface area is 148 Å². The van der Waals surface area contributed by atoms with Crippen LogP contribution in [0, 0.1) is 0 Å². The molecule has 2 fully saturated rings. The van der Waals surface area contributed by atoms with E-state index in [0.29, 0.717) is 24.8 Å². The first-order chi connectivity index (χ1) is 11.6. The molecule has 0 unspecified atom stereocenters. The van der Waals surface area contributed by atoms with Gasteiger partial charge < -0.3 is 9.80 Å². The van der Waals surface area contributed by atoms with Crippen molar-refractivity contribution in [1.29, 1.82) is 0 Å². The van der Waals surface area contributed by atoms with Crippen LogP contribution in [0.25, 0.3) is 0 Å². The van der Waals surface area contributed by atoms with Crippen molar-refractivity contribution in [3.8, 4) is 0 Å². The van der Waals surface area contributed by atoms with Crippen LogP contribution in [0.15, 0.2) is 24.3 Å². The van der Waals surface area contributed by atoms with E-state index in [4.69, 9.17) is 11.6 Å². The number of benzene rings is 1. The van der Waals surface area contributed by atoms with Gasteiger partial charge in [0, 0.05) is 43.5 Å². The van der Waals surface area contributed by atoms with Crippen LogP contribution in [0.4, 0.5) is 0 Å². The summed E-state index contributed by atoms with van der Waals surface area (Å²) in [4.78, 5) is 28.2. The van der Waals surface area contributed by atoms with E-state index in [1.807, 2.05) is 34.1 Å². The fourth-order valence-corrected chi connectivity index (χ4v) is 3.86. The van der Waals surface area contributed by atoms with Gasteiger partial charge in [-0.05, 0) is 49.8 Å². The first-order valence-electron chi connectivity index (χ1n) is 8.95. The maximum Gasteiger partial charge on any atom is 0.222 e. The largest absolute Gasteiger partial charge is 0.343 e. The molecule has 0 atom stereocenters. The minimum absolute atomic E-state index is 0.246. The predicted octanol–water partition coefficient (Wildman–Crippen LogP) is 3.28. The average molecular weight is 349 g/mol. The molecule has 1 aromatic rings. The Hall–Kier alpha value is -1.55. The number of hydrogen-bond acceptors (Lipinski definition) is 2. The summed E-state index contributed by atoms with van der Waals surface area (Å²) in [6.07, 6.45) is 5.90. The summed E-state index contributed by atoms with van der Waals surface area (Å²) in [6.45, 7) is 2.47. The van der Waals surface area contributed by atoms with Gasteiger partial charge >= 0.3 is 0 Å². The van der Waals surface area contributed by atoms with Gasteiger partial charge in [0.2, 0.25) is 11.8 Å². The Balaban J connectivity index is 1.39. The quantitative estimate of drug-likeness (QED) is 0.819. The molecule has 2 aliphatic heterocycles. The van der Waals surface area contributed by atoms with Crippen molar-refractivity contribution >= 4 is 23.4 Å². The van der Waals surface area contributed by atoms with E-state index in [0.717, 1.165) is 56.8 Å². The van der Waals surface area contributed by atoms with Gasteiger partial charge in [0.15, 0.2) is 0 Å². The first kappa shape index (κ1) is 17.3. The lowest BCUT2D eigenvalue weighted by Crippen LogP contribution is -2.47. The lowest BCUT2D eigenvalue weighted by Gasteiger charge is -2.36. The highest BCUT2D eigenvalue weighted by atomic mass is 35.5. The van der Waals surface area contributed by atoms with Gasteiger partial charge in [0.1, 0.15) is 0 Å². The molecule has 0 aromatic heterocycles. The van der Waals surface area contributed by atoms with Gasteiger partial charge in [-0.25, -0.2) is 0 Å². The van der Waals surface area contributed by atoms with Crippen LogP contribution in [0.3, 0.4) is 0 Å². The van der Waals surface area contributed by atoms with Crippen LogP contribution in [0.5, 0.6) is 0 Å². The van der Waals surface area contributed by atoms with Crippen molar-refractivity contribution < 1.29 is 9.59 Å². The Bertz CT molecular complexity index is 580. The summed E-state index contributed by atoms with van der Waals surface area (Å²) in [5.74, 6) is 0.540. The van der Waals surface area contributed by atoms with Crippen molar-refractivity contribution in [2.75, 3.05) is 19.6 Å². The third-order valence-electron chi connectivity index (χ3n) is 5.14. The van der Waals surface area contributed by atoms with E-state index in [1.165, 1.54) is 5.56 Å². The molecule has 0 aliphatic carbocycles. The predicted molar refractivity (Wildman–Crippen MR) is 94.9 cm³/mol. The second-order valence-corrected chi connectivity index (χ2v) is 7.22. The molecule has 2 heterocycles. The number of carbonyl (C=O) groups excluding carboxylic acids is 2. The van der Waals surface area contributed by atoms with E-state index in [1.54, 1.807) is 0 Å². The zero-order valence-corrected chi connectivity index (χ0v) is 14.8. The molecule has 0 radical (unpaired) electrons. The summed E-state index contributed by atoms with van der Waals surface area (Å²) >= 11 is 5.88. The second kappa shape index (κ2) is 8.02. The lowest BCUT2D eigenvalue weighted by atomic mass is 10.0. The zero-order chi connectivity index (χ0) is 16.9. The highest BCUT2D eigenvalue weighted by Gasteiger charge is 2.31. The lowest BCUT2D eigenvalue weighted by molar-refractivity contribution is -0.134. The SMILES string of the molecule is O=C(CCCc1ccc(Cl)cc1)N1CCC(N2CCCC2=O)CC1. The smallest absolute Gasteiger partial charge is 0.222 e. The molecule has 2 saturated heterocycles. The molecule has 2 amide bonds. The molecular weight excluding hydrogens is 324 g/mol. The van der Waals surface area contributed by atoms with Gasteiger partial charge in [-0.15, -0.1) is 0 Å². The number of halogens is 1.